The highest BCUT2D eigenvalue weighted by Gasteiger charge is 2.23. The second-order valence-electron chi connectivity index (χ2n) is 30.5. The van der Waals surface area contributed by atoms with Crippen LogP contribution < -0.4 is 0 Å². The lowest BCUT2D eigenvalue weighted by Crippen LogP contribution is -1.94. The number of nitrogens with zero attached hydrogens (tertiary/aromatic N) is 6. The number of benzene rings is 18. The van der Waals surface area contributed by atoms with Gasteiger partial charge in [0.05, 0.1) is 67.4 Å². The van der Waals surface area contributed by atoms with Crippen LogP contribution in [0, 0.1) is 22.7 Å². The second kappa shape index (κ2) is 27.5. The molecule has 0 spiro atoms. The average Bonchev–Trinajstić information content (AvgIpc) is 1.60. The predicted octanol–water partition coefficient (Wildman–Crippen LogP) is 29.8. The zero-order chi connectivity index (χ0) is 78.1. The fraction of sp³-hybridized carbons (Fsp3) is 0. The minimum Gasteiger partial charge on any atom is -0.455 e. The van der Waals surface area contributed by atoms with Crippen molar-refractivity contribution in [1.29, 1.82) is 10.5 Å². The van der Waals surface area contributed by atoms with Gasteiger partial charge in [-0.2, -0.15) is 10.5 Å². The summed E-state index contributed by atoms with van der Waals surface area (Å²) in [7, 11) is 0. The lowest BCUT2D eigenvalue weighted by molar-refractivity contribution is 0.670. The Balaban J connectivity index is 0.000000138. The first-order valence-corrected chi connectivity index (χ1v) is 40.6. The molecule has 6 heterocycles. The van der Waals surface area contributed by atoms with Gasteiger partial charge in [0.15, 0.2) is 0 Å². The molecule has 0 aliphatic carbocycles. The standard InChI is InChI=1S/C55H33N3O.C55H33N3S/c56-34-35-11-8-16-42(29-35)58-52-28-25-39(32-49(52)45-26-23-40(33-53(45)58)43-19-10-20-47-46-18-5-7-22-54(46)59-55(43)47)37-13-9-12-36(30-37)38-24-27-51-48(31-38)44-17-4-6-21-50(44)57(51)41-14-2-1-3-15-41;56-34-35-11-8-16-42(29-35)58-52-27-24-39(32-48(52)49-33-40(25-28-53(49)58)43-19-10-20-46-45-18-5-7-22-54(45)59-55(43)46)37-13-9-12-36(30-37)38-23-26-51-47(31-38)44-17-4-6-21-50(44)57(51)41-14-2-1-3-15-41/h2*1-33H. The van der Waals surface area contributed by atoms with E-state index in [2.05, 4.69) is 382 Å². The van der Waals surface area contributed by atoms with Gasteiger partial charge in [0.1, 0.15) is 11.2 Å². The number of nitriles is 2. The maximum absolute atomic E-state index is 9.88. The average molecular weight is 1520 g/mol. The summed E-state index contributed by atoms with van der Waals surface area (Å²) in [6.07, 6.45) is 0. The second-order valence-corrected chi connectivity index (χ2v) is 31.5. The van der Waals surface area contributed by atoms with Crippen LogP contribution in [0.3, 0.4) is 0 Å². The van der Waals surface area contributed by atoms with Gasteiger partial charge in [0.25, 0.3) is 0 Å². The molecule has 0 saturated heterocycles. The smallest absolute Gasteiger partial charge is 0.143 e. The number of rotatable bonds is 10. The minimum absolute atomic E-state index is 0.622. The molecular formula is C110H66N6OS. The first-order chi connectivity index (χ1) is 58.4. The third-order valence-corrected chi connectivity index (χ3v) is 25.1. The Morgan fingerprint density at radius 3 is 1.08 bits per heavy atom. The fourth-order valence-electron chi connectivity index (χ4n) is 18.4. The highest BCUT2D eigenvalue weighted by molar-refractivity contribution is 7.26. The molecule has 24 rings (SSSR count). The Hall–Kier alpha value is -15.8. The Labute approximate surface area is 682 Å². The number of hydrogen-bond donors (Lipinski definition) is 0. The van der Waals surface area contributed by atoms with E-state index in [9.17, 15) is 10.5 Å². The van der Waals surface area contributed by atoms with E-state index < -0.39 is 0 Å². The van der Waals surface area contributed by atoms with Crippen LogP contribution in [0.1, 0.15) is 11.1 Å². The number of furan rings is 1. The molecule has 0 N–H and O–H groups in total. The van der Waals surface area contributed by atoms with E-state index in [-0.39, 0.29) is 0 Å². The molecule has 18 aromatic carbocycles. The summed E-state index contributed by atoms with van der Waals surface area (Å²) in [5.41, 5.74) is 30.3. The molecule has 0 amide bonds. The summed E-state index contributed by atoms with van der Waals surface area (Å²) in [5, 5.41) is 34.1. The first-order valence-electron chi connectivity index (χ1n) is 39.8. The van der Waals surface area contributed by atoms with Crippen LogP contribution >= 0.6 is 11.3 Å². The lowest BCUT2D eigenvalue weighted by atomic mass is 9.96. The van der Waals surface area contributed by atoms with Gasteiger partial charge >= 0.3 is 0 Å². The van der Waals surface area contributed by atoms with Gasteiger partial charge in [-0.25, -0.2) is 0 Å². The highest BCUT2D eigenvalue weighted by atomic mass is 32.1. The van der Waals surface area contributed by atoms with E-state index in [0.29, 0.717) is 11.1 Å². The van der Waals surface area contributed by atoms with E-state index >= 15 is 0 Å². The van der Waals surface area contributed by atoms with E-state index in [0.717, 1.165) is 111 Å². The van der Waals surface area contributed by atoms with Gasteiger partial charge in [0.2, 0.25) is 0 Å². The molecule has 0 aliphatic heterocycles. The maximum atomic E-state index is 9.88. The minimum atomic E-state index is 0.622. The topological polar surface area (TPSA) is 80.4 Å². The molecule has 0 atom stereocenters. The number of fused-ring (bicyclic) bond motifs is 18. The SMILES string of the molecule is N#Cc1cccc(-n2c3ccc(-c4cccc(-c5ccc6c(c5)c5ccccc5n6-c5ccccc5)c4)cc3c3cc(-c4cccc5c4sc4ccccc45)ccc32)c1.N#Cc1cccc(-n2c3ccc(-c4cccc(-c5ccc6c(c5)c5ccccc5n6-c5ccccc5)c4)cc3c3ccc(-c4cccc5c4oc4ccccc45)cc32)c1. The van der Waals surface area contributed by atoms with Gasteiger partial charge in [-0.3, -0.25) is 0 Å². The Bertz CT molecular complexity index is 8350. The Morgan fingerprint density at radius 2 is 0.559 bits per heavy atom. The molecule has 24 aromatic rings. The van der Waals surface area contributed by atoms with Crippen molar-refractivity contribution in [3.63, 3.8) is 0 Å². The Morgan fingerprint density at radius 1 is 0.212 bits per heavy atom. The maximum Gasteiger partial charge on any atom is 0.143 e. The molecule has 0 bridgehead atoms. The van der Waals surface area contributed by atoms with Gasteiger partial charge in [-0.05, 0) is 225 Å². The summed E-state index contributed by atoms with van der Waals surface area (Å²) in [5.74, 6) is 0. The van der Waals surface area contributed by atoms with Crippen molar-refractivity contribution in [1.82, 2.24) is 18.3 Å². The van der Waals surface area contributed by atoms with Crippen LogP contribution in [0.25, 0.3) is 219 Å². The van der Waals surface area contributed by atoms with Gasteiger partial charge in [-0.15, -0.1) is 11.3 Å². The number of hydrogen-bond acceptors (Lipinski definition) is 4. The number of para-hydroxylation sites is 6. The molecule has 7 nitrogen and oxygen atoms in total. The van der Waals surface area contributed by atoms with Crippen molar-refractivity contribution in [2.24, 2.45) is 0 Å². The Kier molecular flexibility index (Phi) is 15.8. The molecule has 0 fully saturated rings. The summed E-state index contributed by atoms with van der Waals surface area (Å²) < 4.78 is 18.4. The molecule has 0 saturated carbocycles. The van der Waals surface area contributed by atoms with Crippen LogP contribution in [0.4, 0.5) is 0 Å². The first kappa shape index (κ1) is 67.8. The highest BCUT2D eigenvalue weighted by Crippen LogP contribution is 2.47. The predicted molar refractivity (Wildman–Crippen MR) is 492 cm³/mol. The van der Waals surface area contributed by atoms with Crippen LogP contribution in [-0.4, -0.2) is 18.3 Å². The molecule has 0 unspecified atom stereocenters. The van der Waals surface area contributed by atoms with E-state index in [1.54, 1.807) is 0 Å². The molecule has 548 valence electrons. The van der Waals surface area contributed by atoms with E-state index in [1.807, 2.05) is 59.9 Å². The third kappa shape index (κ3) is 11.1. The van der Waals surface area contributed by atoms with Gasteiger partial charge < -0.3 is 22.7 Å². The van der Waals surface area contributed by atoms with Crippen LogP contribution in [-0.2, 0) is 0 Å². The van der Waals surface area contributed by atoms with E-state index in [4.69, 9.17) is 4.42 Å². The summed E-state index contributed by atoms with van der Waals surface area (Å²) in [6.45, 7) is 0. The van der Waals surface area contributed by atoms with Gasteiger partial charge in [-0.1, -0.05) is 237 Å². The van der Waals surface area contributed by atoms with Gasteiger partial charge in [0, 0.05) is 102 Å². The third-order valence-electron chi connectivity index (χ3n) is 23.9. The molecular weight excluding hydrogens is 1450 g/mol. The van der Waals surface area contributed by atoms with Crippen LogP contribution in [0.5, 0.6) is 0 Å². The van der Waals surface area contributed by atoms with E-state index in [1.165, 1.54) is 108 Å². The fourth-order valence-corrected chi connectivity index (χ4v) is 19.7. The van der Waals surface area contributed by atoms with Crippen molar-refractivity contribution in [3.05, 3.63) is 412 Å². The van der Waals surface area contributed by atoms with Crippen molar-refractivity contribution >= 4 is 141 Å². The number of aromatic nitrogens is 4. The summed E-state index contributed by atoms with van der Waals surface area (Å²) >= 11 is 1.86. The van der Waals surface area contributed by atoms with Crippen molar-refractivity contribution in [3.8, 4) is 102 Å². The normalized spacial score (nSPS) is 11.7. The largest absolute Gasteiger partial charge is 0.455 e. The van der Waals surface area contributed by atoms with Crippen molar-refractivity contribution in [2.75, 3.05) is 0 Å². The zero-order valence-corrected chi connectivity index (χ0v) is 64.4. The van der Waals surface area contributed by atoms with Crippen molar-refractivity contribution in [2.45, 2.75) is 0 Å². The van der Waals surface area contributed by atoms with Crippen molar-refractivity contribution < 1.29 is 4.42 Å². The van der Waals surface area contributed by atoms with Crippen LogP contribution in [0.2, 0.25) is 0 Å². The summed E-state index contributed by atoms with van der Waals surface area (Å²) in [6, 6.07) is 148. The molecule has 0 aliphatic rings. The summed E-state index contributed by atoms with van der Waals surface area (Å²) in [4.78, 5) is 0. The zero-order valence-electron chi connectivity index (χ0n) is 63.6. The number of thiophene rings is 1. The monoisotopic (exact) mass is 1520 g/mol. The molecule has 8 heteroatoms. The molecule has 118 heavy (non-hydrogen) atoms. The molecule has 6 aromatic heterocycles. The van der Waals surface area contributed by atoms with Crippen LogP contribution in [0.15, 0.2) is 405 Å². The molecule has 0 radical (unpaired) electrons. The lowest BCUT2D eigenvalue weighted by Gasteiger charge is -2.10. The quantitative estimate of drug-likeness (QED) is 0.137.